The van der Waals surface area contributed by atoms with E-state index >= 15 is 0 Å². The molecule has 0 aliphatic carbocycles. The molecule has 2 atom stereocenters. The fourth-order valence-corrected chi connectivity index (χ4v) is 4.10. The zero-order valence-electron chi connectivity index (χ0n) is 14.0. The molecular weight excluding hydrogens is 320 g/mol. The lowest BCUT2D eigenvalue weighted by atomic mass is 9.98. The van der Waals surface area contributed by atoms with Gasteiger partial charge in [0, 0.05) is 24.9 Å². The fraction of sp³-hybridized carbons (Fsp3) is 0.368. The van der Waals surface area contributed by atoms with Crippen LogP contribution in [0, 0.1) is 12.8 Å². The van der Waals surface area contributed by atoms with Crippen LogP contribution in [0.5, 0.6) is 0 Å². The highest BCUT2D eigenvalue weighted by molar-refractivity contribution is 7.10. The van der Waals surface area contributed by atoms with Gasteiger partial charge in [-0.3, -0.25) is 9.59 Å². The highest BCUT2D eigenvalue weighted by Crippen LogP contribution is 2.38. The number of nitrogens with one attached hydrogen (secondary N) is 1. The van der Waals surface area contributed by atoms with Crippen molar-refractivity contribution >= 4 is 23.2 Å². The van der Waals surface area contributed by atoms with Crippen LogP contribution < -0.4 is 5.32 Å². The summed E-state index contributed by atoms with van der Waals surface area (Å²) < 4.78 is 0. The third-order valence-electron chi connectivity index (χ3n) is 4.59. The predicted molar refractivity (Wildman–Crippen MR) is 95.8 cm³/mol. The zero-order valence-corrected chi connectivity index (χ0v) is 14.8. The highest BCUT2D eigenvalue weighted by atomic mass is 32.1. The molecule has 4 nitrogen and oxygen atoms in total. The first-order valence-corrected chi connectivity index (χ1v) is 9.06. The van der Waals surface area contributed by atoms with Crippen molar-refractivity contribution < 1.29 is 9.59 Å². The Morgan fingerprint density at radius 2 is 2.04 bits per heavy atom. The number of rotatable bonds is 5. The normalized spacial score (nSPS) is 20.4. The predicted octanol–water partition coefficient (Wildman–Crippen LogP) is 2.93. The number of nitrogens with zero attached hydrogens (tertiary/aromatic N) is 1. The Bertz CT molecular complexity index is 709. The van der Waals surface area contributed by atoms with Gasteiger partial charge in [-0.1, -0.05) is 35.9 Å². The molecule has 1 aromatic carbocycles. The molecule has 2 amide bonds. The second kappa shape index (κ2) is 7.18. The minimum Gasteiger partial charge on any atom is -0.355 e. The van der Waals surface area contributed by atoms with Crippen LogP contribution in [0.1, 0.15) is 28.5 Å². The molecule has 1 fully saturated rings. The summed E-state index contributed by atoms with van der Waals surface area (Å²) in [6, 6.07) is 12.1. The Hall–Kier alpha value is -2.14. The van der Waals surface area contributed by atoms with E-state index in [0.717, 1.165) is 11.3 Å². The van der Waals surface area contributed by atoms with Gasteiger partial charge in [0.15, 0.2) is 0 Å². The van der Waals surface area contributed by atoms with E-state index in [2.05, 4.69) is 36.5 Å². The number of aryl methyl sites for hydroxylation is 1. The van der Waals surface area contributed by atoms with Gasteiger partial charge in [0.05, 0.1) is 12.0 Å². The molecule has 2 aromatic rings. The van der Waals surface area contributed by atoms with Gasteiger partial charge in [0.2, 0.25) is 11.8 Å². The van der Waals surface area contributed by atoms with Gasteiger partial charge in [-0.25, -0.2) is 0 Å². The third kappa shape index (κ3) is 3.51. The average molecular weight is 342 g/mol. The molecule has 1 aliphatic heterocycles. The lowest BCUT2D eigenvalue weighted by Gasteiger charge is -2.23. The van der Waals surface area contributed by atoms with Gasteiger partial charge in [-0.2, -0.15) is 0 Å². The summed E-state index contributed by atoms with van der Waals surface area (Å²) in [6.45, 7) is 2.65. The maximum atomic E-state index is 12.6. The molecular formula is C19H22N2O2S. The van der Waals surface area contributed by atoms with Crippen molar-refractivity contribution in [2.45, 2.75) is 25.8 Å². The quantitative estimate of drug-likeness (QED) is 0.908. The number of hydrogen-bond donors (Lipinski definition) is 1. The molecule has 0 saturated carbocycles. The van der Waals surface area contributed by atoms with Gasteiger partial charge in [0.25, 0.3) is 0 Å². The van der Waals surface area contributed by atoms with Crippen LogP contribution in [0.2, 0.25) is 0 Å². The Morgan fingerprint density at radius 1 is 1.29 bits per heavy atom. The first-order chi connectivity index (χ1) is 11.6. The third-order valence-corrected chi connectivity index (χ3v) is 5.53. The Morgan fingerprint density at radius 3 is 2.71 bits per heavy atom. The summed E-state index contributed by atoms with van der Waals surface area (Å²) in [5, 5.41) is 4.99. The molecule has 5 heteroatoms. The van der Waals surface area contributed by atoms with E-state index in [1.54, 1.807) is 23.3 Å². The van der Waals surface area contributed by atoms with Crippen molar-refractivity contribution in [3.63, 3.8) is 0 Å². The first kappa shape index (κ1) is 16.7. The second-order valence-corrected chi connectivity index (χ2v) is 7.28. The molecule has 1 aliphatic rings. The van der Waals surface area contributed by atoms with Crippen molar-refractivity contribution in [2.75, 3.05) is 13.6 Å². The zero-order chi connectivity index (χ0) is 17.1. The summed E-state index contributed by atoms with van der Waals surface area (Å²) in [6.07, 6.45) is 1.08. The molecule has 1 N–H and O–H groups in total. The molecule has 126 valence electrons. The lowest BCUT2D eigenvalue weighted by molar-refractivity contribution is -0.128. The maximum Gasteiger partial charge on any atom is 0.226 e. The smallest absolute Gasteiger partial charge is 0.226 e. The van der Waals surface area contributed by atoms with Crippen molar-refractivity contribution in [1.29, 1.82) is 0 Å². The molecule has 3 rings (SSSR count). The van der Waals surface area contributed by atoms with E-state index in [4.69, 9.17) is 0 Å². The summed E-state index contributed by atoms with van der Waals surface area (Å²) >= 11 is 1.60. The van der Waals surface area contributed by atoms with Crippen molar-refractivity contribution in [1.82, 2.24) is 10.2 Å². The molecule has 1 aromatic heterocycles. The SMILES string of the molecule is Cc1ccc(CCNC(=O)[C@H]2CC(=O)N(C)[C@H]2c2cccs2)cc1. The number of likely N-dealkylation sites (tertiary alicyclic amines) is 1. The fourth-order valence-electron chi connectivity index (χ4n) is 3.17. The van der Waals surface area contributed by atoms with Crippen LogP contribution in [-0.4, -0.2) is 30.3 Å². The Labute approximate surface area is 146 Å². The Kier molecular flexibility index (Phi) is 5.00. The number of thiophene rings is 1. The highest BCUT2D eigenvalue weighted by Gasteiger charge is 2.42. The number of carbonyl (C=O) groups excluding carboxylic acids is 2. The molecule has 0 spiro atoms. The minimum absolute atomic E-state index is 0.0294. The lowest BCUT2D eigenvalue weighted by Crippen LogP contribution is -2.35. The van der Waals surface area contributed by atoms with E-state index in [-0.39, 0.29) is 30.2 Å². The van der Waals surface area contributed by atoms with Crippen LogP contribution in [-0.2, 0) is 16.0 Å². The number of carbonyl (C=O) groups is 2. The largest absolute Gasteiger partial charge is 0.355 e. The van der Waals surface area contributed by atoms with Crippen LogP contribution in [0.3, 0.4) is 0 Å². The summed E-state index contributed by atoms with van der Waals surface area (Å²) in [5.41, 5.74) is 2.43. The summed E-state index contributed by atoms with van der Waals surface area (Å²) in [5.74, 6) is -0.301. The minimum atomic E-state index is -0.306. The van der Waals surface area contributed by atoms with Gasteiger partial charge in [-0.15, -0.1) is 11.3 Å². The van der Waals surface area contributed by atoms with E-state index in [0.29, 0.717) is 6.54 Å². The van der Waals surface area contributed by atoms with Crippen LogP contribution in [0.25, 0.3) is 0 Å². The maximum absolute atomic E-state index is 12.6. The molecule has 0 bridgehead atoms. The monoisotopic (exact) mass is 342 g/mol. The molecule has 24 heavy (non-hydrogen) atoms. The second-order valence-electron chi connectivity index (χ2n) is 6.30. The number of hydrogen-bond acceptors (Lipinski definition) is 3. The molecule has 0 unspecified atom stereocenters. The van der Waals surface area contributed by atoms with Crippen LogP contribution in [0.4, 0.5) is 0 Å². The summed E-state index contributed by atoms with van der Waals surface area (Å²) in [7, 11) is 1.78. The van der Waals surface area contributed by atoms with E-state index < -0.39 is 0 Å². The van der Waals surface area contributed by atoms with Crippen molar-refractivity contribution in [3.05, 3.63) is 57.8 Å². The van der Waals surface area contributed by atoms with Crippen molar-refractivity contribution in [3.8, 4) is 0 Å². The summed E-state index contributed by atoms with van der Waals surface area (Å²) in [4.78, 5) is 27.4. The topological polar surface area (TPSA) is 49.4 Å². The standard InChI is InChI=1S/C19H22N2O2S/c1-13-5-7-14(8-6-13)9-10-20-19(23)15-12-17(22)21(2)18(15)16-4-3-11-24-16/h3-8,11,15,18H,9-10,12H2,1-2H3,(H,20,23)/t15-,18+/m0/s1. The van der Waals surface area contributed by atoms with Gasteiger partial charge in [0.1, 0.15) is 0 Å². The molecule has 0 radical (unpaired) electrons. The molecule has 1 saturated heterocycles. The van der Waals surface area contributed by atoms with E-state index in [1.165, 1.54) is 11.1 Å². The van der Waals surface area contributed by atoms with Crippen LogP contribution in [0.15, 0.2) is 41.8 Å². The van der Waals surface area contributed by atoms with Gasteiger partial charge in [-0.05, 0) is 30.4 Å². The van der Waals surface area contributed by atoms with Crippen molar-refractivity contribution in [2.24, 2.45) is 5.92 Å². The first-order valence-electron chi connectivity index (χ1n) is 8.18. The number of benzene rings is 1. The van der Waals surface area contributed by atoms with Crippen LogP contribution >= 0.6 is 11.3 Å². The molecule has 2 heterocycles. The number of amides is 2. The van der Waals surface area contributed by atoms with E-state index in [9.17, 15) is 9.59 Å². The van der Waals surface area contributed by atoms with Gasteiger partial charge < -0.3 is 10.2 Å². The average Bonchev–Trinajstić information content (AvgIpc) is 3.18. The van der Waals surface area contributed by atoms with Gasteiger partial charge >= 0.3 is 0 Å². The van der Waals surface area contributed by atoms with E-state index in [1.807, 2.05) is 17.5 Å². The Balaban J connectivity index is 1.61.